The predicted octanol–water partition coefficient (Wildman–Crippen LogP) is 1.50. The third kappa shape index (κ3) is 1.43. The molecule has 0 bridgehead atoms. The summed E-state index contributed by atoms with van der Waals surface area (Å²) in [6, 6.07) is 0.819. The first-order valence-electron chi connectivity index (χ1n) is 2.44. The third-order valence-electron chi connectivity index (χ3n) is 0.872. The lowest BCUT2D eigenvalue weighted by molar-refractivity contribution is -0.141. The van der Waals surface area contributed by atoms with E-state index in [4.69, 9.17) is 0 Å². The highest BCUT2D eigenvalue weighted by atomic mass is 19.4. The quantitative estimate of drug-likeness (QED) is 0.557. The maximum absolute atomic E-state index is 11.7. The van der Waals surface area contributed by atoms with Gasteiger partial charge in [0, 0.05) is 6.20 Å². The summed E-state index contributed by atoms with van der Waals surface area (Å²) < 4.78 is 35.1. The van der Waals surface area contributed by atoms with Crippen molar-refractivity contribution < 1.29 is 13.2 Å². The van der Waals surface area contributed by atoms with Crippen LogP contribution in [0.5, 0.6) is 0 Å². The molecule has 1 aromatic heterocycles. The Labute approximate surface area is 54.7 Å². The zero-order chi connectivity index (χ0) is 7.61. The fourth-order valence-corrected chi connectivity index (χ4v) is 0.458. The Morgan fingerprint density at radius 1 is 1.30 bits per heavy atom. The monoisotopic (exact) mass is 148 g/mol. The zero-order valence-electron chi connectivity index (χ0n) is 4.76. The van der Waals surface area contributed by atoms with E-state index in [0.717, 1.165) is 18.6 Å². The predicted molar refractivity (Wildman–Crippen MR) is 27.0 cm³/mol. The molecule has 0 aromatic carbocycles. The Morgan fingerprint density at radius 2 is 2.00 bits per heavy atom. The molecule has 0 radical (unpaired) electrons. The van der Waals surface area contributed by atoms with Crippen LogP contribution in [0, 0.1) is 0 Å². The molecule has 0 unspecified atom stereocenters. The largest absolute Gasteiger partial charge is 0.433 e. The molecule has 0 saturated heterocycles. The molecule has 0 aliphatic carbocycles. The van der Waals surface area contributed by atoms with E-state index in [1.165, 1.54) is 0 Å². The van der Waals surface area contributed by atoms with Gasteiger partial charge in [0.05, 0.1) is 0 Å². The lowest BCUT2D eigenvalue weighted by Crippen LogP contribution is -2.07. The molecule has 0 fully saturated rings. The molecule has 5 heteroatoms. The molecule has 1 rings (SSSR count). The molecule has 1 heterocycles. The van der Waals surface area contributed by atoms with Gasteiger partial charge in [0.15, 0.2) is 0 Å². The number of rotatable bonds is 0. The fraction of sp³-hybridized carbons (Fsp3) is 0.200. The van der Waals surface area contributed by atoms with Gasteiger partial charge >= 0.3 is 6.18 Å². The van der Waals surface area contributed by atoms with Crippen molar-refractivity contribution in [3.8, 4) is 0 Å². The molecule has 0 saturated carbocycles. The summed E-state index contributed by atoms with van der Waals surface area (Å²) >= 11 is 0. The van der Waals surface area contributed by atoms with Crippen molar-refractivity contribution in [2.75, 3.05) is 0 Å². The molecule has 0 aliphatic rings. The number of alkyl halides is 3. The Bertz CT molecular complexity index is 206. The normalized spacial score (nSPS) is 11.5. The highest BCUT2D eigenvalue weighted by molar-refractivity contribution is 5.01. The van der Waals surface area contributed by atoms with Gasteiger partial charge in [-0.15, -0.1) is 0 Å². The summed E-state index contributed by atoms with van der Waals surface area (Å²) in [4.78, 5) is 6.36. The first-order valence-corrected chi connectivity index (χ1v) is 2.44. The molecule has 0 amide bonds. The van der Waals surface area contributed by atoms with Gasteiger partial charge in [-0.3, -0.25) is 0 Å². The van der Waals surface area contributed by atoms with Crippen molar-refractivity contribution in [3.63, 3.8) is 0 Å². The molecule has 0 aliphatic heterocycles. The molecule has 0 atom stereocenters. The van der Waals surface area contributed by atoms with Gasteiger partial charge < -0.3 is 0 Å². The van der Waals surface area contributed by atoms with E-state index in [-0.39, 0.29) is 0 Å². The molecule has 54 valence electrons. The van der Waals surface area contributed by atoms with E-state index in [1.54, 1.807) is 0 Å². The van der Waals surface area contributed by atoms with E-state index in [0.29, 0.717) is 0 Å². The lowest BCUT2D eigenvalue weighted by atomic mass is 10.4. The highest BCUT2D eigenvalue weighted by Gasteiger charge is 2.31. The van der Waals surface area contributed by atoms with Crippen molar-refractivity contribution in [1.29, 1.82) is 0 Å². The van der Waals surface area contributed by atoms with Crippen LogP contribution in [0.3, 0.4) is 0 Å². The minimum Gasteiger partial charge on any atom is -0.245 e. The second-order valence-electron chi connectivity index (χ2n) is 1.59. The van der Waals surface area contributed by atoms with Crippen LogP contribution >= 0.6 is 0 Å². The SMILES string of the molecule is FC(F)(F)c1ccncn1. The Hall–Kier alpha value is -1.13. The molecule has 1 aromatic rings. The summed E-state index contributed by atoms with van der Waals surface area (Å²) in [6.45, 7) is 0. The molecular formula is C5H3F3N2. The van der Waals surface area contributed by atoms with Crippen molar-refractivity contribution in [3.05, 3.63) is 24.3 Å². The fourth-order valence-electron chi connectivity index (χ4n) is 0.458. The standard InChI is InChI=1S/C5H3F3N2/c6-5(7,8)4-1-2-9-3-10-4/h1-3H. The minimum atomic E-state index is -4.36. The zero-order valence-corrected chi connectivity index (χ0v) is 4.76. The number of hydrogen-bond acceptors (Lipinski definition) is 2. The van der Waals surface area contributed by atoms with Crippen LogP contribution in [0.1, 0.15) is 5.69 Å². The van der Waals surface area contributed by atoms with Gasteiger partial charge in [-0.2, -0.15) is 13.2 Å². The number of halogens is 3. The van der Waals surface area contributed by atoms with Gasteiger partial charge in [-0.25, -0.2) is 9.97 Å². The van der Waals surface area contributed by atoms with Crippen molar-refractivity contribution >= 4 is 0 Å². The van der Waals surface area contributed by atoms with E-state index in [9.17, 15) is 13.2 Å². The van der Waals surface area contributed by atoms with Gasteiger partial charge in [-0.05, 0) is 6.07 Å². The van der Waals surface area contributed by atoms with Gasteiger partial charge in [-0.1, -0.05) is 0 Å². The topological polar surface area (TPSA) is 25.8 Å². The maximum Gasteiger partial charge on any atom is 0.433 e. The van der Waals surface area contributed by atoms with Crippen molar-refractivity contribution in [2.24, 2.45) is 0 Å². The van der Waals surface area contributed by atoms with Crippen LogP contribution in [0.15, 0.2) is 18.6 Å². The Balaban J connectivity index is 2.97. The van der Waals surface area contributed by atoms with Crippen LogP contribution in [0.25, 0.3) is 0 Å². The average Bonchev–Trinajstić information content (AvgIpc) is 1.88. The second-order valence-corrected chi connectivity index (χ2v) is 1.59. The van der Waals surface area contributed by atoms with E-state index < -0.39 is 11.9 Å². The van der Waals surface area contributed by atoms with Gasteiger partial charge in [0.25, 0.3) is 0 Å². The summed E-state index contributed by atoms with van der Waals surface area (Å²) in [5.41, 5.74) is -0.914. The third-order valence-corrected chi connectivity index (χ3v) is 0.872. The number of hydrogen-bond donors (Lipinski definition) is 0. The molecule has 2 nitrogen and oxygen atoms in total. The Morgan fingerprint density at radius 3 is 2.30 bits per heavy atom. The van der Waals surface area contributed by atoms with E-state index in [1.807, 2.05) is 0 Å². The summed E-state index contributed by atoms with van der Waals surface area (Å²) in [5.74, 6) is 0. The van der Waals surface area contributed by atoms with Crippen molar-refractivity contribution in [2.45, 2.75) is 6.18 Å². The average molecular weight is 148 g/mol. The summed E-state index contributed by atoms with van der Waals surface area (Å²) in [6.07, 6.45) is -2.44. The maximum atomic E-state index is 11.7. The Kier molecular flexibility index (Phi) is 1.57. The number of aromatic nitrogens is 2. The highest BCUT2D eigenvalue weighted by Crippen LogP contribution is 2.26. The van der Waals surface area contributed by atoms with Crippen LogP contribution in [-0.4, -0.2) is 9.97 Å². The van der Waals surface area contributed by atoms with Crippen LogP contribution < -0.4 is 0 Å². The van der Waals surface area contributed by atoms with Crippen LogP contribution in [-0.2, 0) is 6.18 Å². The first-order chi connectivity index (χ1) is 4.61. The smallest absolute Gasteiger partial charge is 0.245 e. The summed E-state index contributed by atoms with van der Waals surface area (Å²) in [7, 11) is 0. The molecule has 0 spiro atoms. The summed E-state index contributed by atoms with van der Waals surface area (Å²) in [5, 5.41) is 0. The van der Waals surface area contributed by atoms with E-state index in [2.05, 4.69) is 9.97 Å². The van der Waals surface area contributed by atoms with Crippen LogP contribution in [0.2, 0.25) is 0 Å². The minimum absolute atomic E-state index is 0.819. The van der Waals surface area contributed by atoms with Crippen molar-refractivity contribution in [1.82, 2.24) is 9.97 Å². The molecule has 10 heavy (non-hydrogen) atoms. The van der Waals surface area contributed by atoms with E-state index >= 15 is 0 Å². The van der Waals surface area contributed by atoms with Gasteiger partial charge in [0.2, 0.25) is 0 Å². The molecular weight excluding hydrogens is 145 g/mol. The molecule has 0 N–H and O–H groups in total. The number of nitrogens with zero attached hydrogens (tertiary/aromatic N) is 2. The second kappa shape index (κ2) is 2.24. The first kappa shape index (κ1) is 6.98. The van der Waals surface area contributed by atoms with Gasteiger partial charge in [0.1, 0.15) is 12.0 Å². The lowest BCUT2D eigenvalue weighted by Gasteiger charge is -2.02. The van der Waals surface area contributed by atoms with Crippen LogP contribution in [0.4, 0.5) is 13.2 Å².